The quantitative estimate of drug-likeness (QED) is 0.444. The molecule has 28 heavy (non-hydrogen) atoms. The van der Waals surface area contributed by atoms with E-state index in [2.05, 4.69) is 28.6 Å². The summed E-state index contributed by atoms with van der Waals surface area (Å²) in [6.07, 6.45) is 7.21. The third kappa shape index (κ3) is 6.59. The number of hydrogen-bond acceptors (Lipinski definition) is 4. The zero-order chi connectivity index (χ0) is 20.2. The van der Waals surface area contributed by atoms with Gasteiger partial charge in [0.25, 0.3) is 0 Å². The predicted octanol–water partition coefficient (Wildman–Crippen LogP) is 3.75. The molecule has 0 atom stereocenters. The van der Waals surface area contributed by atoms with E-state index in [0.29, 0.717) is 18.6 Å². The molecule has 0 aliphatic heterocycles. The molecule has 0 unspecified atom stereocenters. The van der Waals surface area contributed by atoms with Gasteiger partial charge in [-0.05, 0) is 48.8 Å². The van der Waals surface area contributed by atoms with Crippen LogP contribution < -0.4 is 20.1 Å². The highest BCUT2D eigenvalue weighted by Gasteiger charge is 2.33. The van der Waals surface area contributed by atoms with Gasteiger partial charge in [-0.1, -0.05) is 25.8 Å². The fourth-order valence-electron chi connectivity index (χ4n) is 3.79. The van der Waals surface area contributed by atoms with Crippen molar-refractivity contribution in [1.29, 1.82) is 0 Å². The van der Waals surface area contributed by atoms with E-state index < -0.39 is 0 Å². The smallest absolute Gasteiger partial charge is 0.191 e. The Kier molecular flexibility index (Phi) is 9.41. The molecule has 1 aromatic rings. The second kappa shape index (κ2) is 11.8. The molecule has 2 rings (SSSR count). The zero-order valence-corrected chi connectivity index (χ0v) is 18.0. The van der Waals surface area contributed by atoms with E-state index in [1.54, 1.807) is 14.2 Å². The van der Waals surface area contributed by atoms with E-state index in [0.717, 1.165) is 49.0 Å². The summed E-state index contributed by atoms with van der Waals surface area (Å²) in [6.45, 7) is 5.21. The molecule has 1 aliphatic carbocycles. The van der Waals surface area contributed by atoms with Gasteiger partial charge in [0.1, 0.15) is 0 Å². The van der Waals surface area contributed by atoms with Crippen molar-refractivity contribution in [3.63, 3.8) is 0 Å². The molecule has 1 aliphatic rings. The number of guanidine groups is 1. The number of ether oxygens (including phenoxy) is 3. The molecule has 158 valence electrons. The number of nitrogens with one attached hydrogen (secondary N) is 2. The minimum absolute atomic E-state index is 0.328. The molecule has 1 saturated carbocycles. The van der Waals surface area contributed by atoms with Crippen LogP contribution in [0.15, 0.2) is 23.2 Å². The molecule has 0 amide bonds. The Hall–Kier alpha value is -1.95. The molecule has 2 N–H and O–H groups in total. The molecule has 6 nitrogen and oxygen atoms in total. The van der Waals surface area contributed by atoms with Crippen molar-refractivity contribution in [2.24, 2.45) is 10.4 Å². The highest BCUT2D eigenvalue weighted by Crippen LogP contribution is 2.40. The summed E-state index contributed by atoms with van der Waals surface area (Å²) in [6, 6.07) is 6.05. The lowest BCUT2D eigenvalue weighted by Crippen LogP contribution is -2.43. The van der Waals surface area contributed by atoms with Crippen LogP contribution in [-0.4, -0.2) is 47.0 Å². The maximum Gasteiger partial charge on any atom is 0.191 e. The molecular weight excluding hydrogens is 354 g/mol. The minimum atomic E-state index is 0.328. The average molecular weight is 392 g/mol. The standard InChI is InChI=1S/C22H37N3O3/c1-5-13-28-19-9-8-18(15-20(19)27-4)16-24-21(23-2)25-17-22(12-14-26-3)10-6-7-11-22/h8-9,15H,5-7,10-14,16-17H2,1-4H3,(H2,23,24,25). The van der Waals surface area contributed by atoms with Crippen molar-refractivity contribution >= 4 is 5.96 Å². The van der Waals surface area contributed by atoms with Crippen LogP contribution in [-0.2, 0) is 11.3 Å². The molecule has 0 radical (unpaired) electrons. The maximum atomic E-state index is 5.73. The third-order valence-corrected chi connectivity index (χ3v) is 5.50. The van der Waals surface area contributed by atoms with Crippen molar-refractivity contribution in [3.05, 3.63) is 23.8 Å². The van der Waals surface area contributed by atoms with Gasteiger partial charge in [-0.15, -0.1) is 0 Å². The van der Waals surface area contributed by atoms with E-state index in [-0.39, 0.29) is 0 Å². The van der Waals surface area contributed by atoms with E-state index in [1.807, 2.05) is 19.2 Å². The van der Waals surface area contributed by atoms with E-state index in [9.17, 15) is 0 Å². The lowest BCUT2D eigenvalue weighted by atomic mass is 9.83. The van der Waals surface area contributed by atoms with Crippen LogP contribution >= 0.6 is 0 Å². The first-order valence-corrected chi connectivity index (χ1v) is 10.4. The molecule has 6 heteroatoms. The van der Waals surface area contributed by atoms with Crippen LogP contribution in [0.2, 0.25) is 0 Å². The Balaban J connectivity index is 1.89. The summed E-state index contributed by atoms with van der Waals surface area (Å²) in [7, 11) is 5.27. The van der Waals surface area contributed by atoms with Gasteiger partial charge in [0, 0.05) is 33.9 Å². The van der Waals surface area contributed by atoms with Gasteiger partial charge < -0.3 is 24.8 Å². The first-order valence-electron chi connectivity index (χ1n) is 10.4. The lowest BCUT2D eigenvalue weighted by Gasteiger charge is -2.30. The second-order valence-electron chi connectivity index (χ2n) is 7.56. The number of benzene rings is 1. The molecule has 0 bridgehead atoms. The topological polar surface area (TPSA) is 64.1 Å². The van der Waals surface area contributed by atoms with Crippen LogP contribution in [0.5, 0.6) is 11.5 Å². The summed E-state index contributed by atoms with van der Waals surface area (Å²) in [5, 5.41) is 6.93. The first-order chi connectivity index (χ1) is 13.7. The molecule has 0 heterocycles. The fraction of sp³-hybridized carbons (Fsp3) is 0.682. The summed E-state index contributed by atoms with van der Waals surface area (Å²) >= 11 is 0. The maximum absolute atomic E-state index is 5.73. The fourth-order valence-corrected chi connectivity index (χ4v) is 3.79. The Morgan fingerprint density at radius 2 is 1.89 bits per heavy atom. The van der Waals surface area contributed by atoms with Crippen molar-refractivity contribution in [1.82, 2.24) is 10.6 Å². The van der Waals surface area contributed by atoms with Gasteiger partial charge in [-0.25, -0.2) is 0 Å². The molecule has 0 saturated heterocycles. The van der Waals surface area contributed by atoms with Crippen molar-refractivity contribution < 1.29 is 14.2 Å². The molecule has 1 fully saturated rings. The number of rotatable bonds is 11. The summed E-state index contributed by atoms with van der Waals surface area (Å²) in [5.74, 6) is 2.38. The Bertz CT molecular complexity index is 613. The van der Waals surface area contributed by atoms with Gasteiger partial charge in [-0.3, -0.25) is 4.99 Å². The van der Waals surface area contributed by atoms with Crippen LogP contribution in [0, 0.1) is 5.41 Å². The zero-order valence-electron chi connectivity index (χ0n) is 18.0. The lowest BCUT2D eigenvalue weighted by molar-refractivity contribution is 0.138. The van der Waals surface area contributed by atoms with Crippen LogP contribution in [0.1, 0.15) is 51.0 Å². The number of aliphatic imine (C=N–C) groups is 1. The van der Waals surface area contributed by atoms with Crippen molar-refractivity contribution in [3.8, 4) is 11.5 Å². The highest BCUT2D eigenvalue weighted by molar-refractivity contribution is 5.79. The summed E-state index contributed by atoms with van der Waals surface area (Å²) in [4.78, 5) is 4.38. The monoisotopic (exact) mass is 391 g/mol. The first kappa shape index (κ1) is 22.3. The highest BCUT2D eigenvalue weighted by atomic mass is 16.5. The van der Waals surface area contributed by atoms with E-state index in [1.165, 1.54) is 25.7 Å². The van der Waals surface area contributed by atoms with Crippen LogP contribution in [0.25, 0.3) is 0 Å². The molecule has 1 aromatic carbocycles. The van der Waals surface area contributed by atoms with Gasteiger partial charge in [0.05, 0.1) is 13.7 Å². The largest absolute Gasteiger partial charge is 0.493 e. The van der Waals surface area contributed by atoms with Gasteiger partial charge >= 0.3 is 0 Å². The SMILES string of the molecule is CCCOc1ccc(CNC(=NC)NCC2(CCOC)CCCC2)cc1OC. The van der Waals surface area contributed by atoms with Crippen LogP contribution in [0.3, 0.4) is 0 Å². The van der Waals surface area contributed by atoms with Crippen LogP contribution in [0.4, 0.5) is 0 Å². The number of nitrogens with zero attached hydrogens (tertiary/aromatic N) is 1. The third-order valence-electron chi connectivity index (χ3n) is 5.50. The number of methoxy groups -OCH3 is 2. The summed E-state index contributed by atoms with van der Waals surface area (Å²) in [5.41, 5.74) is 1.45. The predicted molar refractivity (Wildman–Crippen MR) is 114 cm³/mol. The normalized spacial score (nSPS) is 16.1. The Morgan fingerprint density at radius 3 is 2.54 bits per heavy atom. The van der Waals surface area contributed by atoms with Crippen molar-refractivity contribution in [2.75, 3.05) is 41.0 Å². The Morgan fingerprint density at radius 1 is 1.11 bits per heavy atom. The minimum Gasteiger partial charge on any atom is -0.493 e. The van der Waals surface area contributed by atoms with E-state index in [4.69, 9.17) is 14.2 Å². The van der Waals surface area contributed by atoms with Gasteiger partial charge in [-0.2, -0.15) is 0 Å². The average Bonchev–Trinajstić information content (AvgIpc) is 3.20. The van der Waals surface area contributed by atoms with Gasteiger partial charge in [0.2, 0.25) is 0 Å². The molecule has 0 aromatic heterocycles. The van der Waals surface area contributed by atoms with Crippen molar-refractivity contribution in [2.45, 2.75) is 52.0 Å². The molecular formula is C22H37N3O3. The van der Waals surface area contributed by atoms with E-state index >= 15 is 0 Å². The second-order valence-corrected chi connectivity index (χ2v) is 7.56. The van der Waals surface area contributed by atoms with Gasteiger partial charge in [0.15, 0.2) is 17.5 Å². The number of hydrogen-bond donors (Lipinski definition) is 2. The summed E-state index contributed by atoms with van der Waals surface area (Å²) < 4.78 is 16.5. The Labute approximate surface area is 170 Å². The molecule has 0 spiro atoms.